The van der Waals surface area contributed by atoms with Crippen LogP contribution >= 0.6 is 0 Å². The topological polar surface area (TPSA) is 32.0 Å². The highest BCUT2D eigenvalue weighted by Crippen LogP contribution is 2.43. The van der Waals surface area contributed by atoms with E-state index < -0.39 is 11.6 Å². The van der Waals surface area contributed by atoms with Crippen LogP contribution in [0.4, 0.5) is 25.8 Å². The normalized spacial score (nSPS) is 11.4. The van der Waals surface area contributed by atoms with E-state index in [0.29, 0.717) is 16.9 Å². The van der Waals surface area contributed by atoms with Crippen LogP contribution in [0.3, 0.4) is 0 Å². The molecule has 0 unspecified atom stereocenters. The van der Waals surface area contributed by atoms with Gasteiger partial charge in [-0.15, -0.1) is 0 Å². The lowest BCUT2D eigenvalue weighted by atomic mass is 9.94. The van der Waals surface area contributed by atoms with Gasteiger partial charge in [-0.3, -0.25) is 0 Å². The zero-order valence-corrected chi connectivity index (χ0v) is 23.4. The first-order chi connectivity index (χ1) is 21.6. The molecule has 208 valence electrons. The molecule has 1 aromatic heterocycles. The molecule has 0 amide bonds. The Morgan fingerprint density at radius 3 is 1.95 bits per heavy atom. The zero-order chi connectivity index (χ0) is 29.8. The summed E-state index contributed by atoms with van der Waals surface area (Å²) in [4.78, 5) is 1.78. The average molecular weight is 572 g/mol. The first kappa shape index (κ1) is 25.7. The minimum Gasteiger partial charge on any atom is -0.310 e. The Labute approximate surface area is 252 Å². The van der Waals surface area contributed by atoms with E-state index in [-0.39, 0.29) is 0 Å². The van der Waals surface area contributed by atoms with Gasteiger partial charge in [0.25, 0.3) is 0 Å². The Hall–Kier alpha value is -5.99. The predicted molar refractivity (Wildman–Crippen MR) is 174 cm³/mol. The van der Waals surface area contributed by atoms with E-state index in [1.54, 1.807) is 29.2 Å². The van der Waals surface area contributed by atoms with E-state index in [9.17, 15) is 14.0 Å². The van der Waals surface area contributed by atoms with Gasteiger partial charge in [0, 0.05) is 33.9 Å². The van der Waals surface area contributed by atoms with Gasteiger partial charge in [-0.05, 0) is 94.7 Å². The van der Waals surface area contributed by atoms with Gasteiger partial charge in [0.1, 0.15) is 11.6 Å². The third-order valence-electron chi connectivity index (χ3n) is 8.27. The van der Waals surface area contributed by atoms with Crippen molar-refractivity contribution in [1.82, 2.24) is 4.57 Å². The van der Waals surface area contributed by atoms with Gasteiger partial charge in [-0.1, -0.05) is 60.7 Å². The lowest BCUT2D eigenvalue weighted by Crippen LogP contribution is -2.10. The fraction of sp³-hybridized carbons (Fsp3) is 0. The zero-order valence-electron chi connectivity index (χ0n) is 23.4. The van der Waals surface area contributed by atoms with E-state index in [0.717, 1.165) is 39.5 Å². The molecule has 0 N–H and O–H groups in total. The molecule has 44 heavy (non-hydrogen) atoms. The second kappa shape index (κ2) is 10.1. The number of nitriles is 1. The number of rotatable bonds is 5. The molecule has 7 aromatic carbocycles. The van der Waals surface area contributed by atoms with Crippen LogP contribution in [0.2, 0.25) is 0 Å². The third kappa shape index (κ3) is 4.08. The standard InChI is InChI=1S/C39H23F2N3/c40-28-21-29(41)23-33(22-28)43(31-14-9-25(24-42)10-15-31)32-16-11-26(12-17-32)34-19-20-37-39-35(34)18-13-27-5-4-8-36(38(27)39)44(37)30-6-2-1-3-7-30/h1-23H. The van der Waals surface area contributed by atoms with Crippen LogP contribution in [0, 0.1) is 23.0 Å². The molecule has 0 radical (unpaired) electrons. The number of hydrogen-bond acceptors (Lipinski definition) is 2. The summed E-state index contributed by atoms with van der Waals surface area (Å²) in [6, 6.07) is 46.1. The summed E-state index contributed by atoms with van der Waals surface area (Å²) in [5, 5.41) is 14.1. The van der Waals surface area contributed by atoms with E-state index in [4.69, 9.17) is 0 Å². The maximum absolute atomic E-state index is 14.3. The number of hydrogen-bond donors (Lipinski definition) is 0. The minimum atomic E-state index is -0.663. The number of benzene rings is 7. The maximum Gasteiger partial charge on any atom is 0.128 e. The summed E-state index contributed by atoms with van der Waals surface area (Å²) in [5.41, 5.74) is 7.83. The van der Waals surface area contributed by atoms with E-state index in [1.807, 2.05) is 30.3 Å². The second-order valence-corrected chi connectivity index (χ2v) is 10.8. The van der Waals surface area contributed by atoms with Crippen LogP contribution in [0.1, 0.15) is 5.56 Å². The monoisotopic (exact) mass is 571 g/mol. The van der Waals surface area contributed by atoms with Crippen molar-refractivity contribution in [2.45, 2.75) is 0 Å². The summed E-state index contributed by atoms with van der Waals surface area (Å²) in [6.45, 7) is 0. The summed E-state index contributed by atoms with van der Waals surface area (Å²) in [7, 11) is 0. The SMILES string of the molecule is N#Cc1ccc(N(c2ccc(-c3ccc4c5c3ccc3cccc(c35)n4-c3ccccc3)cc2)c2cc(F)cc(F)c2)cc1. The number of halogens is 2. The molecule has 0 saturated heterocycles. The van der Waals surface area contributed by atoms with E-state index >= 15 is 0 Å². The Morgan fingerprint density at radius 2 is 1.25 bits per heavy atom. The van der Waals surface area contributed by atoms with Crippen molar-refractivity contribution in [2.24, 2.45) is 0 Å². The quantitative estimate of drug-likeness (QED) is 0.193. The number of para-hydroxylation sites is 1. The van der Waals surface area contributed by atoms with Gasteiger partial charge in [-0.25, -0.2) is 8.78 Å². The smallest absolute Gasteiger partial charge is 0.128 e. The molecule has 0 aliphatic heterocycles. The third-order valence-corrected chi connectivity index (χ3v) is 8.27. The summed E-state index contributed by atoms with van der Waals surface area (Å²) >= 11 is 0. The van der Waals surface area contributed by atoms with Crippen molar-refractivity contribution in [2.75, 3.05) is 4.90 Å². The molecule has 3 nitrogen and oxygen atoms in total. The highest BCUT2D eigenvalue weighted by Gasteiger charge is 2.19. The van der Waals surface area contributed by atoms with Crippen molar-refractivity contribution >= 4 is 49.6 Å². The van der Waals surface area contributed by atoms with Crippen LogP contribution in [-0.2, 0) is 0 Å². The molecule has 0 aliphatic rings. The molecular weight excluding hydrogens is 548 g/mol. The molecule has 1 heterocycles. The van der Waals surface area contributed by atoms with Gasteiger partial charge in [0.2, 0.25) is 0 Å². The van der Waals surface area contributed by atoms with Crippen LogP contribution in [0.15, 0.2) is 140 Å². The minimum absolute atomic E-state index is 0.348. The Morgan fingerprint density at radius 1 is 0.568 bits per heavy atom. The van der Waals surface area contributed by atoms with Gasteiger partial charge in [-0.2, -0.15) is 5.26 Å². The molecule has 8 rings (SSSR count). The van der Waals surface area contributed by atoms with Gasteiger partial charge in [0.15, 0.2) is 0 Å². The lowest BCUT2D eigenvalue weighted by molar-refractivity contribution is 0.584. The number of anilines is 3. The molecule has 0 spiro atoms. The predicted octanol–water partition coefficient (Wildman–Crippen LogP) is 10.7. The largest absolute Gasteiger partial charge is 0.310 e. The number of aromatic nitrogens is 1. The van der Waals surface area contributed by atoms with Crippen molar-refractivity contribution in [3.8, 4) is 22.9 Å². The van der Waals surface area contributed by atoms with E-state index in [2.05, 4.69) is 77.4 Å². The highest BCUT2D eigenvalue weighted by molar-refractivity contribution is 6.26. The Bertz CT molecular complexity index is 2330. The van der Waals surface area contributed by atoms with Crippen LogP contribution in [0.25, 0.3) is 49.4 Å². The molecule has 0 atom stereocenters. The first-order valence-electron chi connectivity index (χ1n) is 14.3. The molecular formula is C39H23F2N3. The lowest BCUT2D eigenvalue weighted by Gasteiger charge is -2.26. The van der Waals surface area contributed by atoms with Crippen LogP contribution < -0.4 is 4.90 Å². The van der Waals surface area contributed by atoms with Crippen LogP contribution in [-0.4, -0.2) is 4.57 Å². The highest BCUT2D eigenvalue weighted by atomic mass is 19.1. The summed E-state index contributed by atoms with van der Waals surface area (Å²) < 4.78 is 31.0. The molecule has 8 aromatic rings. The molecule has 0 fully saturated rings. The molecule has 0 bridgehead atoms. The second-order valence-electron chi connectivity index (χ2n) is 10.8. The fourth-order valence-corrected chi connectivity index (χ4v) is 6.39. The summed E-state index contributed by atoms with van der Waals surface area (Å²) in [5.74, 6) is -1.33. The summed E-state index contributed by atoms with van der Waals surface area (Å²) in [6.07, 6.45) is 0. The maximum atomic E-state index is 14.3. The van der Waals surface area contributed by atoms with Crippen LogP contribution in [0.5, 0.6) is 0 Å². The average Bonchev–Trinajstić information content (AvgIpc) is 3.40. The van der Waals surface area contributed by atoms with Crippen molar-refractivity contribution in [3.63, 3.8) is 0 Å². The Balaban J connectivity index is 1.28. The molecule has 0 saturated carbocycles. The van der Waals surface area contributed by atoms with Crippen molar-refractivity contribution in [3.05, 3.63) is 157 Å². The number of nitrogens with zero attached hydrogens (tertiary/aromatic N) is 3. The Kier molecular flexibility index (Phi) is 5.89. The van der Waals surface area contributed by atoms with Crippen molar-refractivity contribution < 1.29 is 8.78 Å². The first-order valence-corrected chi connectivity index (χ1v) is 14.3. The fourth-order valence-electron chi connectivity index (χ4n) is 6.39. The van der Waals surface area contributed by atoms with Gasteiger partial charge in [0.05, 0.1) is 28.4 Å². The van der Waals surface area contributed by atoms with Gasteiger partial charge >= 0.3 is 0 Å². The van der Waals surface area contributed by atoms with Gasteiger partial charge < -0.3 is 9.47 Å². The van der Waals surface area contributed by atoms with Crippen molar-refractivity contribution in [1.29, 1.82) is 5.26 Å². The molecule has 5 heteroatoms. The molecule has 0 aliphatic carbocycles. The van der Waals surface area contributed by atoms with E-state index in [1.165, 1.54) is 33.8 Å².